The number of nitrogens with zero attached hydrogens (tertiary/aromatic N) is 1. The van der Waals surface area contributed by atoms with Crippen LogP contribution in [-0.2, 0) is 16.0 Å². The molecule has 0 saturated carbocycles. The second-order valence-corrected chi connectivity index (χ2v) is 7.42. The first-order valence-electron chi connectivity index (χ1n) is 8.56. The van der Waals surface area contributed by atoms with Crippen LogP contribution < -0.4 is 10.6 Å². The number of halogens is 1. The molecule has 0 spiro atoms. The van der Waals surface area contributed by atoms with Crippen molar-refractivity contribution in [2.45, 2.75) is 11.3 Å². The lowest BCUT2D eigenvalue weighted by Crippen LogP contribution is -2.15. The zero-order valence-corrected chi connectivity index (χ0v) is 16.5. The van der Waals surface area contributed by atoms with Gasteiger partial charge in [0.2, 0.25) is 11.8 Å². The lowest BCUT2D eigenvalue weighted by atomic mass is 10.1. The van der Waals surface area contributed by atoms with Gasteiger partial charge in [0.15, 0.2) is 0 Å². The number of pyridine rings is 1. The van der Waals surface area contributed by atoms with Crippen molar-refractivity contribution in [1.29, 1.82) is 0 Å². The van der Waals surface area contributed by atoms with Crippen LogP contribution in [0.4, 0.5) is 11.5 Å². The van der Waals surface area contributed by atoms with Crippen molar-refractivity contribution in [3.63, 3.8) is 0 Å². The van der Waals surface area contributed by atoms with Crippen molar-refractivity contribution < 1.29 is 9.59 Å². The summed E-state index contributed by atoms with van der Waals surface area (Å²) in [6.45, 7) is 0. The summed E-state index contributed by atoms with van der Waals surface area (Å²) in [4.78, 5) is 29.2. The predicted octanol–water partition coefficient (Wildman–Crippen LogP) is 4.65. The summed E-state index contributed by atoms with van der Waals surface area (Å²) >= 11 is 7.16. The minimum Gasteiger partial charge on any atom is -0.326 e. The number of hydrogen-bond acceptors (Lipinski definition) is 4. The summed E-state index contributed by atoms with van der Waals surface area (Å²) in [6.07, 6.45) is 1.79. The Bertz CT molecular complexity index is 949. The molecule has 7 heteroatoms. The highest BCUT2D eigenvalue weighted by Gasteiger charge is 2.07. The predicted molar refractivity (Wildman–Crippen MR) is 114 cm³/mol. The van der Waals surface area contributed by atoms with E-state index in [0.29, 0.717) is 22.9 Å². The quantitative estimate of drug-likeness (QED) is 0.555. The first-order chi connectivity index (χ1) is 13.6. The molecule has 0 atom stereocenters. The highest BCUT2D eigenvalue weighted by molar-refractivity contribution is 8.00. The maximum Gasteiger partial charge on any atom is 0.235 e. The molecule has 0 unspecified atom stereocenters. The molecular weight excluding hydrogens is 394 g/mol. The van der Waals surface area contributed by atoms with Gasteiger partial charge in [-0.05, 0) is 35.9 Å². The third kappa shape index (κ3) is 6.40. The Balaban J connectivity index is 1.50. The summed E-state index contributed by atoms with van der Waals surface area (Å²) in [5.74, 6) is 0.432. The normalized spacial score (nSPS) is 10.3. The first-order valence-corrected chi connectivity index (χ1v) is 9.93. The van der Waals surface area contributed by atoms with Crippen LogP contribution in [0, 0.1) is 0 Å². The average molecular weight is 412 g/mol. The molecule has 1 aromatic heterocycles. The Morgan fingerprint density at radius 3 is 2.50 bits per heavy atom. The lowest BCUT2D eigenvalue weighted by Gasteiger charge is -2.08. The molecule has 0 aliphatic heterocycles. The smallest absolute Gasteiger partial charge is 0.235 e. The van der Waals surface area contributed by atoms with Crippen molar-refractivity contribution in [1.82, 2.24) is 4.98 Å². The molecule has 3 rings (SSSR count). The van der Waals surface area contributed by atoms with E-state index in [-0.39, 0.29) is 17.6 Å². The molecule has 2 N–H and O–H groups in total. The molecule has 0 radical (unpaired) electrons. The maximum atomic E-state index is 12.2. The van der Waals surface area contributed by atoms with Gasteiger partial charge in [0, 0.05) is 16.8 Å². The largest absolute Gasteiger partial charge is 0.326 e. The fourth-order valence-corrected chi connectivity index (χ4v) is 3.29. The summed E-state index contributed by atoms with van der Waals surface area (Å²) in [6, 6.07) is 20.3. The van der Waals surface area contributed by atoms with Gasteiger partial charge in [-0.1, -0.05) is 48.0 Å². The van der Waals surface area contributed by atoms with Crippen LogP contribution in [0.15, 0.2) is 77.8 Å². The molecule has 0 aliphatic rings. The third-order valence-corrected chi connectivity index (χ3v) is 4.91. The Kier molecular flexibility index (Phi) is 7.06. The van der Waals surface area contributed by atoms with E-state index in [9.17, 15) is 9.59 Å². The van der Waals surface area contributed by atoms with Crippen LogP contribution in [-0.4, -0.2) is 22.6 Å². The number of benzene rings is 2. The van der Waals surface area contributed by atoms with Crippen LogP contribution in [0.3, 0.4) is 0 Å². The second-order valence-electron chi connectivity index (χ2n) is 5.94. The topological polar surface area (TPSA) is 71.1 Å². The van der Waals surface area contributed by atoms with E-state index in [1.165, 1.54) is 18.0 Å². The molecule has 28 heavy (non-hydrogen) atoms. The highest BCUT2D eigenvalue weighted by atomic mass is 35.5. The van der Waals surface area contributed by atoms with Gasteiger partial charge in [-0.15, -0.1) is 11.8 Å². The molecule has 0 saturated heterocycles. The van der Waals surface area contributed by atoms with E-state index in [0.717, 1.165) is 10.5 Å². The first kappa shape index (κ1) is 19.9. The summed E-state index contributed by atoms with van der Waals surface area (Å²) in [7, 11) is 0. The summed E-state index contributed by atoms with van der Waals surface area (Å²) in [5, 5.41) is 6.11. The SMILES string of the molecule is O=C(Cc1ccccc1)Nc1cccc(SCC(=O)Nc2ccc(Cl)cn2)c1. The number of carbonyl (C=O) groups excluding carboxylic acids is 2. The van der Waals surface area contributed by atoms with Crippen LogP contribution in [0.5, 0.6) is 0 Å². The van der Waals surface area contributed by atoms with Gasteiger partial charge < -0.3 is 10.6 Å². The lowest BCUT2D eigenvalue weighted by molar-refractivity contribution is -0.115. The van der Waals surface area contributed by atoms with Gasteiger partial charge in [-0.25, -0.2) is 4.98 Å². The van der Waals surface area contributed by atoms with E-state index in [2.05, 4.69) is 15.6 Å². The fraction of sp³-hybridized carbons (Fsp3) is 0.0952. The number of anilines is 2. The number of aromatic nitrogens is 1. The summed E-state index contributed by atoms with van der Waals surface area (Å²) in [5.41, 5.74) is 1.66. The van der Waals surface area contributed by atoms with Crippen molar-refractivity contribution >= 4 is 46.7 Å². The van der Waals surface area contributed by atoms with Crippen molar-refractivity contribution in [3.8, 4) is 0 Å². The molecule has 5 nitrogen and oxygen atoms in total. The highest BCUT2D eigenvalue weighted by Crippen LogP contribution is 2.22. The average Bonchev–Trinajstić information content (AvgIpc) is 2.69. The van der Waals surface area contributed by atoms with Gasteiger partial charge in [0.25, 0.3) is 0 Å². The number of thioether (sulfide) groups is 1. The number of rotatable bonds is 7. The maximum absolute atomic E-state index is 12.2. The van der Waals surface area contributed by atoms with Crippen LogP contribution >= 0.6 is 23.4 Å². The van der Waals surface area contributed by atoms with E-state index >= 15 is 0 Å². The fourth-order valence-electron chi connectivity index (χ4n) is 2.43. The molecule has 2 aromatic carbocycles. The van der Waals surface area contributed by atoms with Gasteiger partial charge in [0.1, 0.15) is 5.82 Å². The zero-order chi connectivity index (χ0) is 19.8. The standard InChI is InChI=1S/C21H18ClN3O2S/c22-16-9-10-19(23-13-16)25-21(27)14-28-18-8-4-7-17(12-18)24-20(26)11-15-5-2-1-3-6-15/h1-10,12-13H,11,14H2,(H,24,26)(H,23,25,27). The Morgan fingerprint density at radius 1 is 0.929 bits per heavy atom. The number of carbonyl (C=O) groups is 2. The Hall–Kier alpha value is -2.83. The minimum atomic E-state index is -0.168. The molecule has 3 aromatic rings. The van der Waals surface area contributed by atoms with Crippen LogP contribution in [0.1, 0.15) is 5.56 Å². The minimum absolute atomic E-state index is 0.0834. The summed E-state index contributed by atoms with van der Waals surface area (Å²) < 4.78 is 0. The number of hydrogen-bond donors (Lipinski definition) is 2. The van der Waals surface area contributed by atoms with Crippen molar-refractivity contribution in [3.05, 3.63) is 83.5 Å². The van der Waals surface area contributed by atoms with Crippen LogP contribution in [0.25, 0.3) is 0 Å². The third-order valence-electron chi connectivity index (χ3n) is 3.69. The Morgan fingerprint density at radius 2 is 1.75 bits per heavy atom. The molecule has 1 heterocycles. The van der Waals surface area contributed by atoms with Gasteiger partial charge in [-0.3, -0.25) is 9.59 Å². The number of nitrogens with one attached hydrogen (secondary N) is 2. The monoisotopic (exact) mass is 411 g/mol. The molecule has 0 fully saturated rings. The van der Waals surface area contributed by atoms with E-state index < -0.39 is 0 Å². The van der Waals surface area contributed by atoms with Gasteiger partial charge >= 0.3 is 0 Å². The van der Waals surface area contributed by atoms with Crippen molar-refractivity contribution in [2.75, 3.05) is 16.4 Å². The Labute approximate surface area is 172 Å². The van der Waals surface area contributed by atoms with Gasteiger partial charge in [-0.2, -0.15) is 0 Å². The molecule has 0 bridgehead atoms. The molecular formula is C21H18ClN3O2S. The number of amides is 2. The zero-order valence-electron chi connectivity index (χ0n) is 14.9. The van der Waals surface area contributed by atoms with E-state index in [4.69, 9.17) is 11.6 Å². The molecule has 142 valence electrons. The molecule has 0 aliphatic carbocycles. The second kappa shape index (κ2) is 9.92. The van der Waals surface area contributed by atoms with Crippen LogP contribution in [0.2, 0.25) is 5.02 Å². The van der Waals surface area contributed by atoms with Crippen molar-refractivity contribution in [2.24, 2.45) is 0 Å². The molecule has 2 amide bonds. The van der Waals surface area contributed by atoms with E-state index in [1.54, 1.807) is 12.1 Å². The van der Waals surface area contributed by atoms with E-state index in [1.807, 2.05) is 54.6 Å². The van der Waals surface area contributed by atoms with Gasteiger partial charge in [0.05, 0.1) is 17.2 Å².